The average molecular weight is 396 g/mol. The maximum Gasteiger partial charge on any atom is 0.234 e. The van der Waals surface area contributed by atoms with Gasteiger partial charge in [0.1, 0.15) is 5.54 Å². The van der Waals surface area contributed by atoms with Crippen LogP contribution in [0.15, 0.2) is 48.1 Å². The molecule has 1 aromatic carbocycles. The molecule has 7 heteroatoms. The third kappa shape index (κ3) is 4.12. The van der Waals surface area contributed by atoms with Gasteiger partial charge in [0.2, 0.25) is 5.91 Å². The number of nitriles is 1. The fraction of sp³-hybridized carbons (Fsp3) is 0.429. The van der Waals surface area contributed by atoms with Gasteiger partial charge in [0.15, 0.2) is 11.0 Å². The van der Waals surface area contributed by atoms with E-state index >= 15 is 0 Å². The molecule has 1 amide bonds. The highest BCUT2D eigenvalue weighted by Gasteiger charge is 2.38. The van der Waals surface area contributed by atoms with E-state index in [-0.39, 0.29) is 11.7 Å². The smallest absolute Gasteiger partial charge is 0.234 e. The van der Waals surface area contributed by atoms with Gasteiger partial charge < -0.3 is 4.90 Å². The first kappa shape index (κ1) is 20.2. The van der Waals surface area contributed by atoms with Crippen molar-refractivity contribution in [1.82, 2.24) is 19.7 Å². The zero-order valence-electron chi connectivity index (χ0n) is 16.2. The van der Waals surface area contributed by atoms with Crippen molar-refractivity contribution in [2.45, 2.75) is 49.3 Å². The van der Waals surface area contributed by atoms with E-state index in [1.807, 2.05) is 34.9 Å². The first-order chi connectivity index (χ1) is 13.6. The molecular weight excluding hydrogens is 370 g/mol. The van der Waals surface area contributed by atoms with Gasteiger partial charge in [0.05, 0.1) is 11.8 Å². The van der Waals surface area contributed by atoms with Crippen LogP contribution in [-0.4, -0.2) is 43.9 Å². The SMILES string of the molecule is C=CCn1c(SCC(=O)N(C)C2(C#N)CCCCC2)nnc1-c1ccccc1. The number of hydrogen-bond acceptors (Lipinski definition) is 5. The molecule has 2 aromatic rings. The Kier molecular flexibility index (Phi) is 6.53. The minimum atomic E-state index is -0.667. The lowest BCUT2D eigenvalue weighted by molar-refractivity contribution is -0.131. The van der Waals surface area contributed by atoms with Gasteiger partial charge in [-0.3, -0.25) is 9.36 Å². The largest absolute Gasteiger partial charge is 0.326 e. The van der Waals surface area contributed by atoms with Crippen molar-refractivity contribution in [2.24, 2.45) is 0 Å². The third-order valence-corrected chi connectivity index (χ3v) is 6.24. The summed E-state index contributed by atoms with van der Waals surface area (Å²) in [7, 11) is 1.75. The summed E-state index contributed by atoms with van der Waals surface area (Å²) in [5.41, 5.74) is 0.303. The van der Waals surface area contributed by atoms with E-state index in [4.69, 9.17) is 0 Å². The molecule has 1 saturated carbocycles. The molecule has 0 bridgehead atoms. The van der Waals surface area contributed by atoms with Crippen LogP contribution in [0.5, 0.6) is 0 Å². The Morgan fingerprint density at radius 2 is 2.04 bits per heavy atom. The molecule has 0 saturated heterocycles. The Morgan fingerprint density at radius 3 is 2.68 bits per heavy atom. The Morgan fingerprint density at radius 1 is 1.32 bits per heavy atom. The highest BCUT2D eigenvalue weighted by Crippen LogP contribution is 2.33. The predicted octanol–water partition coefficient (Wildman–Crippen LogP) is 3.91. The second-order valence-corrected chi connectivity index (χ2v) is 7.96. The second-order valence-electron chi connectivity index (χ2n) is 7.02. The van der Waals surface area contributed by atoms with Gasteiger partial charge in [0.25, 0.3) is 0 Å². The van der Waals surface area contributed by atoms with Crippen LogP contribution in [0.4, 0.5) is 0 Å². The van der Waals surface area contributed by atoms with E-state index in [9.17, 15) is 10.1 Å². The maximum absolute atomic E-state index is 12.8. The third-order valence-electron chi connectivity index (χ3n) is 5.29. The summed E-state index contributed by atoms with van der Waals surface area (Å²) in [4.78, 5) is 14.4. The van der Waals surface area contributed by atoms with Crippen molar-refractivity contribution in [2.75, 3.05) is 12.8 Å². The van der Waals surface area contributed by atoms with Crippen molar-refractivity contribution < 1.29 is 4.79 Å². The van der Waals surface area contributed by atoms with Crippen LogP contribution in [0.1, 0.15) is 32.1 Å². The molecule has 3 rings (SSSR count). The van der Waals surface area contributed by atoms with Gasteiger partial charge in [-0.2, -0.15) is 5.26 Å². The number of amides is 1. The molecule has 1 aliphatic rings. The minimum absolute atomic E-state index is 0.0529. The number of carbonyl (C=O) groups is 1. The molecule has 1 fully saturated rings. The normalized spacial score (nSPS) is 15.6. The van der Waals surface area contributed by atoms with Gasteiger partial charge in [-0.05, 0) is 12.8 Å². The van der Waals surface area contributed by atoms with Crippen molar-refractivity contribution in [3.05, 3.63) is 43.0 Å². The molecule has 0 atom stereocenters. The number of nitrogens with zero attached hydrogens (tertiary/aromatic N) is 5. The van der Waals surface area contributed by atoms with Crippen LogP contribution in [0.2, 0.25) is 0 Å². The average Bonchev–Trinajstić information content (AvgIpc) is 3.15. The zero-order chi connectivity index (χ0) is 20.0. The molecule has 0 radical (unpaired) electrons. The Bertz CT molecular complexity index is 865. The first-order valence-corrected chi connectivity index (χ1v) is 10.5. The fourth-order valence-corrected chi connectivity index (χ4v) is 4.47. The van der Waals surface area contributed by atoms with E-state index in [0.717, 1.165) is 43.5 Å². The lowest BCUT2D eigenvalue weighted by Crippen LogP contribution is -2.50. The number of carbonyl (C=O) groups excluding carboxylic acids is 1. The van der Waals surface area contributed by atoms with Gasteiger partial charge in [-0.25, -0.2) is 0 Å². The molecule has 28 heavy (non-hydrogen) atoms. The summed E-state index contributed by atoms with van der Waals surface area (Å²) in [6.45, 7) is 4.38. The molecule has 0 N–H and O–H groups in total. The van der Waals surface area contributed by atoms with Gasteiger partial charge in [0, 0.05) is 19.2 Å². The molecule has 1 aromatic heterocycles. The molecule has 6 nitrogen and oxygen atoms in total. The molecule has 0 spiro atoms. The Balaban J connectivity index is 1.73. The monoisotopic (exact) mass is 395 g/mol. The van der Waals surface area contributed by atoms with Crippen molar-refractivity contribution in [1.29, 1.82) is 5.26 Å². The van der Waals surface area contributed by atoms with Crippen molar-refractivity contribution in [3.8, 4) is 17.5 Å². The molecular formula is C21H25N5OS. The summed E-state index contributed by atoms with van der Waals surface area (Å²) in [6, 6.07) is 12.2. The standard InChI is InChI=1S/C21H25N5OS/c1-3-14-26-19(17-10-6-4-7-11-17)23-24-20(26)28-15-18(27)25(2)21(16-22)12-8-5-9-13-21/h3-4,6-7,10-11H,1,5,8-9,12-15H2,2H3. The van der Waals surface area contributed by atoms with E-state index in [0.29, 0.717) is 11.7 Å². The summed E-state index contributed by atoms with van der Waals surface area (Å²) >= 11 is 1.35. The number of allylic oxidation sites excluding steroid dienone is 1. The molecule has 0 unspecified atom stereocenters. The lowest BCUT2D eigenvalue weighted by atomic mass is 9.81. The van der Waals surface area contributed by atoms with E-state index in [1.54, 1.807) is 18.0 Å². The van der Waals surface area contributed by atoms with Crippen LogP contribution in [0, 0.1) is 11.3 Å². The highest BCUT2D eigenvalue weighted by atomic mass is 32.2. The zero-order valence-corrected chi connectivity index (χ0v) is 17.0. The number of hydrogen-bond donors (Lipinski definition) is 0. The van der Waals surface area contributed by atoms with Crippen molar-refractivity contribution >= 4 is 17.7 Å². The molecule has 0 aliphatic heterocycles. The Hall–Kier alpha value is -2.59. The fourth-order valence-electron chi connectivity index (χ4n) is 3.61. The topological polar surface area (TPSA) is 74.8 Å². The summed E-state index contributed by atoms with van der Waals surface area (Å²) in [5.74, 6) is 0.928. The van der Waals surface area contributed by atoms with Crippen molar-refractivity contribution in [3.63, 3.8) is 0 Å². The van der Waals surface area contributed by atoms with Crippen LogP contribution >= 0.6 is 11.8 Å². The van der Waals surface area contributed by atoms with Gasteiger partial charge >= 0.3 is 0 Å². The van der Waals surface area contributed by atoms with Crippen LogP contribution in [0.25, 0.3) is 11.4 Å². The predicted molar refractivity (Wildman–Crippen MR) is 111 cm³/mol. The molecule has 146 valence electrons. The second kappa shape index (κ2) is 9.07. The number of rotatable bonds is 7. The minimum Gasteiger partial charge on any atom is -0.326 e. The van der Waals surface area contributed by atoms with Crippen LogP contribution in [-0.2, 0) is 11.3 Å². The quantitative estimate of drug-likeness (QED) is 0.525. The summed E-state index contributed by atoms with van der Waals surface area (Å²) < 4.78 is 1.96. The number of aromatic nitrogens is 3. The summed E-state index contributed by atoms with van der Waals surface area (Å²) in [6.07, 6.45) is 6.41. The lowest BCUT2D eigenvalue weighted by Gasteiger charge is -2.39. The maximum atomic E-state index is 12.8. The van der Waals surface area contributed by atoms with Crippen LogP contribution < -0.4 is 0 Å². The molecule has 1 aliphatic carbocycles. The first-order valence-electron chi connectivity index (χ1n) is 9.51. The highest BCUT2D eigenvalue weighted by molar-refractivity contribution is 7.99. The van der Waals surface area contributed by atoms with Gasteiger partial charge in [-0.15, -0.1) is 16.8 Å². The van der Waals surface area contributed by atoms with Gasteiger partial charge in [-0.1, -0.05) is 67.4 Å². The summed E-state index contributed by atoms with van der Waals surface area (Å²) in [5, 5.41) is 19.0. The molecule has 1 heterocycles. The Labute approximate surface area is 170 Å². The van der Waals surface area contributed by atoms with E-state index in [2.05, 4.69) is 22.8 Å². The number of benzene rings is 1. The van der Waals surface area contributed by atoms with E-state index < -0.39 is 5.54 Å². The van der Waals surface area contributed by atoms with Crippen LogP contribution in [0.3, 0.4) is 0 Å². The number of thioether (sulfide) groups is 1. The van der Waals surface area contributed by atoms with E-state index in [1.165, 1.54) is 11.8 Å².